The highest BCUT2D eigenvalue weighted by Gasteiger charge is 2.24. The predicted molar refractivity (Wildman–Crippen MR) is 116 cm³/mol. The molecule has 1 amide bonds. The van der Waals surface area contributed by atoms with Crippen molar-refractivity contribution in [3.8, 4) is 17.1 Å². The topological polar surface area (TPSA) is 82.2 Å². The summed E-state index contributed by atoms with van der Waals surface area (Å²) in [4.78, 5) is 12.7. The van der Waals surface area contributed by atoms with E-state index in [0.29, 0.717) is 23.6 Å². The molecule has 1 saturated carbocycles. The van der Waals surface area contributed by atoms with E-state index in [1.54, 1.807) is 13.4 Å². The highest BCUT2D eigenvalue weighted by molar-refractivity contribution is 8.00. The van der Waals surface area contributed by atoms with Crippen molar-refractivity contribution in [1.82, 2.24) is 20.1 Å². The lowest BCUT2D eigenvalue weighted by atomic mass is 10.2. The second kappa shape index (κ2) is 9.38. The minimum absolute atomic E-state index is 0.0439. The number of rotatable bonds is 8. The molecule has 0 saturated heterocycles. The van der Waals surface area contributed by atoms with Crippen molar-refractivity contribution >= 4 is 17.7 Å². The van der Waals surface area contributed by atoms with Crippen molar-refractivity contribution in [2.24, 2.45) is 0 Å². The molecular weight excluding hydrogens is 400 g/mol. The summed E-state index contributed by atoms with van der Waals surface area (Å²) in [6.07, 6.45) is 6.16. The molecule has 2 heterocycles. The number of methoxy groups -OCH3 is 1. The molecule has 1 aliphatic rings. The number of hydrogen-bond donors (Lipinski definition) is 1. The number of aromatic nitrogens is 3. The van der Waals surface area contributed by atoms with E-state index in [1.807, 2.05) is 47.9 Å². The molecule has 1 N–H and O–H groups in total. The van der Waals surface area contributed by atoms with Gasteiger partial charge in [0.2, 0.25) is 5.91 Å². The maximum atomic E-state index is 12.7. The van der Waals surface area contributed by atoms with Gasteiger partial charge < -0.3 is 14.5 Å². The van der Waals surface area contributed by atoms with Gasteiger partial charge in [-0.25, -0.2) is 0 Å². The van der Waals surface area contributed by atoms with Crippen LogP contribution in [-0.4, -0.2) is 39.1 Å². The van der Waals surface area contributed by atoms with Gasteiger partial charge in [-0.15, -0.1) is 10.2 Å². The van der Waals surface area contributed by atoms with Crippen LogP contribution in [0.3, 0.4) is 0 Å². The van der Waals surface area contributed by atoms with Crippen LogP contribution in [0.15, 0.2) is 52.2 Å². The number of carbonyl (C=O) groups excluding carboxylic acids is 1. The first-order valence-corrected chi connectivity index (χ1v) is 11.1. The van der Waals surface area contributed by atoms with Crippen LogP contribution in [0, 0.1) is 0 Å². The molecule has 3 aromatic rings. The lowest BCUT2D eigenvalue weighted by molar-refractivity contribution is -0.120. The van der Waals surface area contributed by atoms with Gasteiger partial charge in [-0.1, -0.05) is 36.7 Å². The number of thioether (sulfide) groups is 1. The normalized spacial score (nSPS) is 15.3. The van der Waals surface area contributed by atoms with E-state index >= 15 is 0 Å². The molecule has 1 aliphatic carbocycles. The Morgan fingerprint density at radius 1 is 1.30 bits per heavy atom. The van der Waals surface area contributed by atoms with E-state index in [1.165, 1.54) is 24.6 Å². The summed E-state index contributed by atoms with van der Waals surface area (Å²) in [5, 5.41) is 12.4. The molecule has 158 valence electrons. The number of nitrogens with zero attached hydrogens (tertiary/aromatic N) is 3. The van der Waals surface area contributed by atoms with Crippen LogP contribution in [0.4, 0.5) is 0 Å². The third kappa shape index (κ3) is 4.70. The van der Waals surface area contributed by atoms with Gasteiger partial charge in [-0.3, -0.25) is 9.36 Å². The van der Waals surface area contributed by atoms with Crippen molar-refractivity contribution in [3.05, 3.63) is 48.4 Å². The SMILES string of the molecule is COc1cccc(-c2nnc(S[C@H](C)C(=O)NC3CCCC3)n2Cc2ccco2)c1. The van der Waals surface area contributed by atoms with Gasteiger partial charge in [0.25, 0.3) is 0 Å². The Morgan fingerprint density at radius 3 is 2.87 bits per heavy atom. The van der Waals surface area contributed by atoms with Crippen LogP contribution in [0.25, 0.3) is 11.4 Å². The molecule has 0 spiro atoms. The van der Waals surface area contributed by atoms with Gasteiger partial charge in [0.05, 0.1) is 25.2 Å². The van der Waals surface area contributed by atoms with E-state index in [-0.39, 0.29) is 11.2 Å². The zero-order chi connectivity index (χ0) is 20.9. The van der Waals surface area contributed by atoms with Crippen molar-refractivity contribution in [3.63, 3.8) is 0 Å². The molecule has 2 aromatic heterocycles. The smallest absolute Gasteiger partial charge is 0.233 e. The molecule has 30 heavy (non-hydrogen) atoms. The average Bonchev–Trinajstić information content (AvgIpc) is 3.52. The fourth-order valence-corrected chi connectivity index (χ4v) is 4.51. The van der Waals surface area contributed by atoms with Crippen LogP contribution in [0.2, 0.25) is 0 Å². The molecular formula is C22H26N4O3S. The molecule has 1 aromatic carbocycles. The molecule has 0 radical (unpaired) electrons. The second-order valence-corrected chi connectivity index (χ2v) is 8.76. The Hall–Kier alpha value is -2.74. The van der Waals surface area contributed by atoms with Gasteiger partial charge in [0.1, 0.15) is 11.5 Å². The Balaban J connectivity index is 1.58. The minimum Gasteiger partial charge on any atom is -0.497 e. The van der Waals surface area contributed by atoms with Crippen LogP contribution in [-0.2, 0) is 11.3 Å². The Labute approximate surface area is 180 Å². The Morgan fingerprint density at radius 2 is 2.13 bits per heavy atom. The quantitative estimate of drug-likeness (QED) is 0.545. The van der Waals surface area contributed by atoms with Gasteiger partial charge in [-0.2, -0.15) is 0 Å². The van der Waals surface area contributed by atoms with Gasteiger partial charge in [0, 0.05) is 11.6 Å². The van der Waals surface area contributed by atoms with Crippen LogP contribution in [0.5, 0.6) is 5.75 Å². The molecule has 4 rings (SSSR count). The number of furan rings is 1. The molecule has 1 fully saturated rings. The first-order chi connectivity index (χ1) is 14.6. The summed E-state index contributed by atoms with van der Waals surface area (Å²) < 4.78 is 12.9. The molecule has 1 atom stereocenters. The molecule has 7 nitrogen and oxygen atoms in total. The first kappa shape index (κ1) is 20.5. The van der Waals surface area contributed by atoms with E-state index in [2.05, 4.69) is 15.5 Å². The monoisotopic (exact) mass is 426 g/mol. The highest BCUT2D eigenvalue weighted by Crippen LogP contribution is 2.30. The fourth-order valence-electron chi connectivity index (χ4n) is 3.65. The summed E-state index contributed by atoms with van der Waals surface area (Å²) in [5.41, 5.74) is 0.892. The average molecular weight is 427 g/mol. The van der Waals surface area contributed by atoms with Crippen LogP contribution in [0.1, 0.15) is 38.4 Å². The molecule has 0 unspecified atom stereocenters. The van der Waals surface area contributed by atoms with Gasteiger partial charge in [-0.05, 0) is 44.0 Å². The maximum absolute atomic E-state index is 12.7. The van der Waals surface area contributed by atoms with E-state index in [4.69, 9.17) is 9.15 Å². The number of hydrogen-bond acceptors (Lipinski definition) is 6. The predicted octanol–water partition coefficient (Wildman–Crippen LogP) is 4.13. The zero-order valence-electron chi connectivity index (χ0n) is 17.2. The number of carbonyl (C=O) groups is 1. The first-order valence-electron chi connectivity index (χ1n) is 10.2. The van der Waals surface area contributed by atoms with Crippen LogP contribution >= 0.6 is 11.8 Å². The Bertz CT molecular complexity index is 980. The summed E-state index contributed by atoms with van der Waals surface area (Å²) in [7, 11) is 1.64. The third-order valence-corrected chi connectivity index (χ3v) is 6.37. The molecule has 0 aliphatic heterocycles. The van der Waals surface area contributed by atoms with Gasteiger partial charge >= 0.3 is 0 Å². The molecule has 0 bridgehead atoms. The zero-order valence-corrected chi connectivity index (χ0v) is 18.0. The van der Waals surface area contributed by atoms with E-state index < -0.39 is 0 Å². The number of amides is 1. The summed E-state index contributed by atoms with van der Waals surface area (Å²) in [6, 6.07) is 11.8. The second-order valence-electron chi connectivity index (χ2n) is 7.45. The number of nitrogens with one attached hydrogen (secondary N) is 1. The van der Waals surface area contributed by atoms with E-state index in [9.17, 15) is 4.79 Å². The Kier molecular flexibility index (Phi) is 6.42. The lowest BCUT2D eigenvalue weighted by Gasteiger charge is -2.16. The van der Waals surface area contributed by atoms with Crippen molar-refractivity contribution in [1.29, 1.82) is 0 Å². The summed E-state index contributed by atoms with van der Waals surface area (Å²) in [6.45, 7) is 2.39. The summed E-state index contributed by atoms with van der Waals surface area (Å²) in [5.74, 6) is 2.29. The van der Waals surface area contributed by atoms with Gasteiger partial charge in [0.15, 0.2) is 11.0 Å². The van der Waals surface area contributed by atoms with Crippen molar-refractivity contribution in [2.75, 3.05) is 7.11 Å². The standard InChI is InChI=1S/C22H26N4O3S/c1-15(21(27)23-17-8-3-4-9-17)30-22-25-24-20(16-7-5-10-18(13-16)28-2)26(22)14-19-11-6-12-29-19/h5-7,10-13,15,17H,3-4,8-9,14H2,1-2H3,(H,23,27)/t15-/m1/s1. The van der Waals surface area contributed by atoms with Crippen LogP contribution < -0.4 is 10.1 Å². The molecule has 8 heteroatoms. The lowest BCUT2D eigenvalue weighted by Crippen LogP contribution is -2.37. The van der Waals surface area contributed by atoms with Crippen molar-refractivity contribution < 1.29 is 13.9 Å². The number of benzene rings is 1. The number of ether oxygens (including phenoxy) is 1. The van der Waals surface area contributed by atoms with E-state index in [0.717, 1.165) is 29.9 Å². The third-order valence-electron chi connectivity index (χ3n) is 5.29. The minimum atomic E-state index is -0.275. The summed E-state index contributed by atoms with van der Waals surface area (Å²) >= 11 is 1.41. The maximum Gasteiger partial charge on any atom is 0.233 e. The highest BCUT2D eigenvalue weighted by atomic mass is 32.2. The fraction of sp³-hybridized carbons (Fsp3) is 0.409. The van der Waals surface area contributed by atoms with Crippen molar-refractivity contribution in [2.45, 2.75) is 55.6 Å². The largest absolute Gasteiger partial charge is 0.497 e.